The van der Waals surface area contributed by atoms with Crippen LogP contribution in [0.1, 0.15) is 41.8 Å². The maximum Gasteiger partial charge on any atom is 0.262 e. The van der Waals surface area contributed by atoms with E-state index < -0.39 is 0 Å². The predicted octanol–water partition coefficient (Wildman–Crippen LogP) is 4.82. The van der Waals surface area contributed by atoms with Gasteiger partial charge < -0.3 is 10.1 Å². The Labute approximate surface area is 153 Å². The Kier molecular flexibility index (Phi) is 6.59. The molecule has 0 fully saturated rings. The number of carbonyl (C=O) groups excluding carboxylic acids is 2. The van der Waals surface area contributed by atoms with Crippen LogP contribution in [0.15, 0.2) is 36.4 Å². The number of rotatable bonds is 7. The second-order valence-electron chi connectivity index (χ2n) is 5.72. The summed E-state index contributed by atoms with van der Waals surface area (Å²) < 4.78 is 5.57. The van der Waals surface area contributed by atoms with E-state index in [9.17, 15) is 9.59 Å². The normalized spacial score (nSPS) is 10.4. The Balaban J connectivity index is 2.10. The zero-order chi connectivity index (χ0) is 18.4. The average molecular weight is 360 g/mol. The van der Waals surface area contributed by atoms with Crippen molar-refractivity contribution in [1.29, 1.82) is 0 Å². The van der Waals surface area contributed by atoms with Crippen molar-refractivity contribution in [2.75, 3.05) is 11.9 Å². The van der Waals surface area contributed by atoms with Crippen molar-refractivity contribution in [3.05, 3.63) is 58.1 Å². The summed E-state index contributed by atoms with van der Waals surface area (Å²) in [5.74, 6) is 0.0193. The lowest BCUT2D eigenvalue weighted by molar-refractivity contribution is -0.118. The summed E-state index contributed by atoms with van der Waals surface area (Å²) in [6.45, 7) is 5.58. The highest BCUT2D eigenvalue weighted by Crippen LogP contribution is 2.25. The third-order valence-electron chi connectivity index (χ3n) is 3.93. The van der Waals surface area contributed by atoms with Crippen LogP contribution in [-0.4, -0.2) is 18.3 Å². The number of nitrogens with one attached hydrogen (secondary N) is 1. The second-order valence-corrected chi connectivity index (χ2v) is 6.15. The van der Waals surface area contributed by atoms with Crippen LogP contribution >= 0.6 is 11.6 Å². The van der Waals surface area contributed by atoms with Gasteiger partial charge in [-0.1, -0.05) is 43.6 Å². The van der Waals surface area contributed by atoms with Gasteiger partial charge in [0.15, 0.2) is 12.4 Å². The summed E-state index contributed by atoms with van der Waals surface area (Å²) in [4.78, 5) is 24.3. The van der Waals surface area contributed by atoms with Crippen LogP contribution in [0.2, 0.25) is 5.02 Å². The number of Topliss-reactive ketones (excluding diaryl/α,β-unsaturated/α-hetero) is 1. The second kappa shape index (κ2) is 8.67. The van der Waals surface area contributed by atoms with Gasteiger partial charge in [0.25, 0.3) is 5.91 Å². The topological polar surface area (TPSA) is 55.4 Å². The van der Waals surface area contributed by atoms with Crippen molar-refractivity contribution < 1.29 is 14.3 Å². The Bertz CT molecular complexity index is 787. The fourth-order valence-electron chi connectivity index (χ4n) is 2.56. The highest BCUT2D eigenvalue weighted by molar-refractivity contribution is 6.31. The van der Waals surface area contributed by atoms with E-state index >= 15 is 0 Å². The lowest BCUT2D eigenvalue weighted by atomic mass is 10.1. The van der Waals surface area contributed by atoms with Crippen LogP contribution in [0.25, 0.3) is 0 Å². The van der Waals surface area contributed by atoms with Gasteiger partial charge in [0, 0.05) is 17.1 Å². The summed E-state index contributed by atoms with van der Waals surface area (Å²) in [7, 11) is 0. The monoisotopic (exact) mass is 359 g/mol. The Morgan fingerprint density at radius 3 is 2.60 bits per heavy atom. The molecule has 2 rings (SSSR count). The highest BCUT2D eigenvalue weighted by atomic mass is 35.5. The van der Waals surface area contributed by atoms with Crippen LogP contribution in [0, 0.1) is 6.92 Å². The summed E-state index contributed by atoms with van der Waals surface area (Å²) in [6, 6.07) is 10.7. The van der Waals surface area contributed by atoms with Crippen LogP contribution in [-0.2, 0) is 11.2 Å². The van der Waals surface area contributed by atoms with Crippen molar-refractivity contribution >= 4 is 29.0 Å². The molecule has 0 saturated carbocycles. The Morgan fingerprint density at radius 2 is 1.92 bits per heavy atom. The van der Waals surface area contributed by atoms with Crippen LogP contribution < -0.4 is 10.1 Å². The van der Waals surface area contributed by atoms with Crippen molar-refractivity contribution in [2.45, 2.75) is 33.6 Å². The van der Waals surface area contributed by atoms with Crippen LogP contribution in [0.3, 0.4) is 0 Å². The van der Waals surface area contributed by atoms with E-state index in [-0.39, 0.29) is 18.3 Å². The van der Waals surface area contributed by atoms with E-state index in [0.29, 0.717) is 22.8 Å². The predicted molar refractivity (Wildman–Crippen MR) is 101 cm³/mol. The van der Waals surface area contributed by atoms with Gasteiger partial charge in [-0.3, -0.25) is 9.59 Å². The maximum absolute atomic E-state index is 12.3. The molecule has 0 spiro atoms. The molecule has 2 aromatic rings. The molecule has 0 aromatic heterocycles. The molecule has 0 saturated heterocycles. The van der Waals surface area contributed by atoms with Crippen molar-refractivity contribution in [1.82, 2.24) is 0 Å². The fourth-order valence-corrected chi connectivity index (χ4v) is 2.73. The quantitative estimate of drug-likeness (QED) is 0.721. The molecule has 0 bridgehead atoms. The van der Waals surface area contributed by atoms with Gasteiger partial charge in [0.2, 0.25) is 0 Å². The number of amides is 1. The number of halogens is 1. The van der Waals surface area contributed by atoms with Gasteiger partial charge >= 0.3 is 0 Å². The number of ketones is 1. The number of hydrogen-bond acceptors (Lipinski definition) is 3. The molecular formula is C20H22ClNO3. The van der Waals surface area contributed by atoms with Gasteiger partial charge in [0.1, 0.15) is 5.75 Å². The maximum atomic E-state index is 12.3. The molecule has 0 radical (unpaired) electrons. The molecule has 4 nitrogen and oxygen atoms in total. The molecule has 5 heteroatoms. The Hall–Kier alpha value is -2.33. The van der Waals surface area contributed by atoms with E-state index in [1.807, 2.05) is 32.0 Å². The molecule has 0 aliphatic carbocycles. The summed E-state index contributed by atoms with van der Waals surface area (Å²) >= 11 is 5.95. The number of hydrogen-bond donors (Lipinski definition) is 1. The molecule has 0 aliphatic heterocycles. The lowest BCUT2D eigenvalue weighted by Crippen LogP contribution is -2.22. The van der Waals surface area contributed by atoms with Crippen LogP contribution in [0.4, 0.5) is 5.69 Å². The van der Waals surface area contributed by atoms with Crippen molar-refractivity contribution in [3.63, 3.8) is 0 Å². The first kappa shape index (κ1) is 19.0. The van der Waals surface area contributed by atoms with E-state index in [4.69, 9.17) is 16.3 Å². The van der Waals surface area contributed by atoms with Gasteiger partial charge in [-0.15, -0.1) is 0 Å². The first-order valence-corrected chi connectivity index (χ1v) is 8.67. The Morgan fingerprint density at radius 1 is 1.16 bits per heavy atom. The first-order valence-electron chi connectivity index (χ1n) is 8.30. The zero-order valence-electron chi connectivity index (χ0n) is 14.7. The van der Waals surface area contributed by atoms with E-state index in [2.05, 4.69) is 5.32 Å². The molecule has 0 heterocycles. The molecular weight excluding hydrogens is 338 g/mol. The van der Waals surface area contributed by atoms with Crippen molar-refractivity contribution in [2.24, 2.45) is 0 Å². The summed E-state index contributed by atoms with van der Waals surface area (Å²) in [6.07, 6.45) is 1.16. The number of carbonyl (C=O) groups is 2. The standard InChI is InChI=1S/C20H22ClNO3/c1-4-14-8-6-7-13(3)20(14)22-19(24)12-25-18-10-9-15(21)11-16(18)17(23)5-2/h6-11H,4-5,12H2,1-3H3,(H,22,24). The molecule has 0 atom stereocenters. The number of benzene rings is 2. The average Bonchev–Trinajstić information content (AvgIpc) is 2.61. The third kappa shape index (κ3) is 4.83. The molecule has 132 valence electrons. The molecule has 1 N–H and O–H groups in total. The molecule has 2 aromatic carbocycles. The number of ether oxygens (including phenoxy) is 1. The van der Waals surface area contributed by atoms with Gasteiger partial charge in [0.05, 0.1) is 5.56 Å². The van der Waals surface area contributed by atoms with E-state index in [1.165, 1.54) is 0 Å². The van der Waals surface area contributed by atoms with Crippen LogP contribution in [0.5, 0.6) is 5.75 Å². The summed E-state index contributed by atoms with van der Waals surface area (Å²) in [5, 5.41) is 3.36. The number of aryl methyl sites for hydroxylation is 2. The minimum absolute atomic E-state index is 0.0786. The lowest BCUT2D eigenvalue weighted by Gasteiger charge is -2.14. The minimum atomic E-state index is -0.270. The molecule has 25 heavy (non-hydrogen) atoms. The number of para-hydroxylation sites is 1. The largest absolute Gasteiger partial charge is 0.483 e. The summed E-state index contributed by atoms with van der Waals surface area (Å²) in [5.41, 5.74) is 3.29. The van der Waals surface area contributed by atoms with Crippen molar-refractivity contribution in [3.8, 4) is 5.75 Å². The molecule has 1 amide bonds. The number of anilines is 1. The highest BCUT2D eigenvalue weighted by Gasteiger charge is 2.14. The third-order valence-corrected chi connectivity index (χ3v) is 4.16. The van der Waals surface area contributed by atoms with Gasteiger partial charge in [-0.05, 0) is 42.7 Å². The fraction of sp³-hybridized carbons (Fsp3) is 0.300. The zero-order valence-corrected chi connectivity index (χ0v) is 15.4. The molecule has 0 unspecified atom stereocenters. The first-order chi connectivity index (χ1) is 12.0. The van der Waals surface area contributed by atoms with Gasteiger partial charge in [-0.2, -0.15) is 0 Å². The van der Waals surface area contributed by atoms with E-state index in [0.717, 1.165) is 23.2 Å². The van der Waals surface area contributed by atoms with Gasteiger partial charge in [-0.25, -0.2) is 0 Å². The molecule has 0 aliphatic rings. The minimum Gasteiger partial charge on any atom is -0.483 e. The van der Waals surface area contributed by atoms with E-state index in [1.54, 1.807) is 25.1 Å². The SMILES string of the molecule is CCC(=O)c1cc(Cl)ccc1OCC(=O)Nc1c(C)cccc1CC. The smallest absolute Gasteiger partial charge is 0.262 e.